The van der Waals surface area contributed by atoms with Crippen LogP contribution in [0.25, 0.3) is 11.3 Å². The van der Waals surface area contributed by atoms with E-state index in [1.54, 1.807) is 25.1 Å². The Morgan fingerprint density at radius 3 is 2.50 bits per heavy atom. The molecule has 134 valence electrons. The molecule has 0 aliphatic carbocycles. The van der Waals surface area contributed by atoms with Gasteiger partial charge in [-0.05, 0) is 32.0 Å². The summed E-state index contributed by atoms with van der Waals surface area (Å²) in [6, 6.07) is 13.0. The van der Waals surface area contributed by atoms with Crippen LogP contribution in [0.5, 0.6) is 5.88 Å². The quantitative estimate of drug-likeness (QED) is 0.702. The normalized spacial score (nSPS) is 10.6. The number of pyridine rings is 1. The van der Waals surface area contributed by atoms with E-state index < -0.39 is 0 Å². The third-order valence-corrected chi connectivity index (χ3v) is 4.28. The summed E-state index contributed by atoms with van der Waals surface area (Å²) in [5.74, 6) is 1.23. The Morgan fingerprint density at radius 1 is 1.15 bits per heavy atom. The van der Waals surface area contributed by atoms with Crippen LogP contribution in [0.3, 0.4) is 0 Å². The summed E-state index contributed by atoms with van der Waals surface area (Å²) in [5.41, 5.74) is 4.09. The van der Waals surface area contributed by atoms with Crippen molar-refractivity contribution in [3.8, 4) is 17.1 Å². The van der Waals surface area contributed by atoms with Crippen molar-refractivity contribution >= 4 is 5.91 Å². The number of hydrogen-bond donors (Lipinski definition) is 0. The minimum Gasteiger partial charge on any atom is -0.481 e. The standard InChI is InChI=1S/C20H21N3O3/c1-13-17(14(2)26-22-13)12-23(3)20(24)16-10-8-15(9-11-16)18-6-5-7-19(21-18)25-4/h5-11H,12H2,1-4H3. The molecule has 0 saturated heterocycles. The molecule has 6 nitrogen and oxygen atoms in total. The molecule has 0 bridgehead atoms. The van der Waals surface area contributed by atoms with Gasteiger partial charge in [-0.15, -0.1) is 0 Å². The molecule has 6 heteroatoms. The Balaban J connectivity index is 1.76. The van der Waals surface area contributed by atoms with Crippen LogP contribution >= 0.6 is 0 Å². The van der Waals surface area contributed by atoms with Crippen molar-refractivity contribution in [3.05, 3.63) is 65.0 Å². The highest BCUT2D eigenvalue weighted by Crippen LogP contribution is 2.21. The van der Waals surface area contributed by atoms with Gasteiger partial charge in [0.15, 0.2) is 0 Å². The van der Waals surface area contributed by atoms with Gasteiger partial charge in [0.1, 0.15) is 5.76 Å². The van der Waals surface area contributed by atoms with Crippen molar-refractivity contribution in [1.29, 1.82) is 0 Å². The number of nitrogens with zero attached hydrogens (tertiary/aromatic N) is 3. The number of hydrogen-bond acceptors (Lipinski definition) is 5. The third kappa shape index (κ3) is 3.59. The number of amides is 1. The van der Waals surface area contributed by atoms with Gasteiger partial charge in [-0.2, -0.15) is 0 Å². The van der Waals surface area contributed by atoms with Crippen LogP contribution in [0.2, 0.25) is 0 Å². The lowest BCUT2D eigenvalue weighted by Crippen LogP contribution is -2.26. The minimum absolute atomic E-state index is 0.0600. The van der Waals surface area contributed by atoms with Gasteiger partial charge in [0.2, 0.25) is 5.88 Å². The predicted molar refractivity (Wildman–Crippen MR) is 98.0 cm³/mol. The molecule has 0 saturated carbocycles. The van der Waals surface area contributed by atoms with Crippen molar-refractivity contribution in [2.24, 2.45) is 0 Å². The molecule has 0 N–H and O–H groups in total. The van der Waals surface area contributed by atoms with E-state index in [0.29, 0.717) is 18.0 Å². The average Bonchev–Trinajstić information content (AvgIpc) is 2.99. The molecule has 2 aromatic heterocycles. The first kappa shape index (κ1) is 17.7. The van der Waals surface area contributed by atoms with Crippen LogP contribution in [0, 0.1) is 13.8 Å². The molecule has 0 atom stereocenters. The molecule has 0 unspecified atom stereocenters. The Morgan fingerprint density at radius 2 is 1.88 bits per heavy atom. The Kier molecular flexibility index (Phi) is 5.02. The molecular weight excluding hydrogens is 330 g/mol. The number of rotatable bonds is 5. The van der Waals surface area contributed by atoms with Gasteiger partial charge in [0.05, 0.1) is 25.0 Å². The van der Waals surface area contributed by atoms with E-state index in [0.717, 1.165) is 28.3 Å². The summed E-state index contributed by atoms with van der Waals surface area (Å²) in [6.45, 7) is 4.18. The summed E-state index contributed by atoms with van der Waals surface area (Å²) in [5, 5.41) is 3.93. The van der Waals surface area contributed by atoms with Crippen molar-refractivity contribution in [2.45, 2.75) is 20.4 Å². The van der Waals surface area contributed by atoms with Crippen LogP contribution in [0.15, 0.2) is 47.0 Å². The van der Waals surface area contributed by atoms with Gasteiger partial charge in [-0.3, -0.25) is 4.79 Å². The molecule has 3 aromatic rings. The van der Waals surface area contributed by atoms with Gasteiger partial charge in [0, 0.05) is 29.8 Å². The predicted octanol–water partition coefficient (Wildman–Crippen LogP) is 3.63. The number of carbonyl (C=O) groups excluding carboxylic acids is 1. The molecule has 2 heterocycles. The first-order chi connectivity index (χ1) is 12.5. The number of aromatic nitrogens is 2. The Bertz CT molecular complexity index is 897. The van der Waals surface area contributed by atoms with Gasteiger partial charge < -0.3 is 14.2 Å². The maximum atomic E-state index is 12.7. The summed E-state index contributed by atoms with van der Waals surface area (Å²) >= 11 is 0. The van der Waals surface area contributed by atoms with E-state index in [9.17, 15) is 4.79 Å². The lowest BCUT2D eigenvalue weighted by molar-refractivity contribution is 0.0784. The summed E-state index contributed by atoms with van der Waals surface area (Å²) in [7, 11) is 3.36. The Hall–Kier alpha value is -3.15. The fourth-order valence-corrected chi connectivity index (χ4v) is 2.73. The van der Waals surface area contributed by atoms with Crippen LogP contribution in [0.1, 0.15) is 27.4 Å². The number of benzene rings is 1. The molecule has 0 radical (unpaired) electrons. The first-order valence-corrected chi connectivity index (χ1v) is 8.28. The van der Waals surface area contributed by atoms with E-state index >= 15 is 0 Å². The zero-order valence-electron chi connectivity index (χ0n) is 15.3. The zero-order chi connectivity index (χ0) is 18.7. The molecule has 1 aromatic carbocycles. The Labute approximate surface area is 152 Å². The highest BCUT2D eigenvalue weighted by atomic mass is 16.5. The second kappa shape index (κ2) is 7.39. The highest BCUT2D eigenvalue weighted by molar-refractivity contribution is 5.94. The van der Waals surface area contributed by atoms with E-state index in [4.69, 9.17) is 9.26 Å². The second-order valence-corrected chi connectivity index (χ2v) is 6.11. The molecule has 0 spiro atoms. The van der Waals surface area contributed by atoms with Crippen molar-refractivity contribution in [2.75, 3.05) is 14.2 Å². The third-order valence-electron chi connectivity index (χ3n) is 4.28. The average molecular weight is 351 g/mol. The number of carbonyl (C=O) groups is 1. The van der Waals surface area contributed by atoms with Crippen LogP contribution < -0.4 is 4.74 Å². The zero-order valence-corrected chi connectivity index (χ0v) is 15.3. The van der Waals surface area contributed by atoms with Crippen LogP contribution in [-0.4, -0.2) is 35.1 Å². The van der Waals surface area contributed by atoms with Crippen LogP contribution in [0.4, 0.5) is 0 Å². The smallest absolute Gasteiger partial charge is 0.253 e. The lowest BCUT2D eigenvalue weighted by Gasteiger charge is -2.17. The van der Waals surface area contributed by atoms with Crippen molar-refractivity contribution in [1.82, 2.24) is 15.0 Å². The second-order valence-electron chi connectivity index (χ2n) is 6.11. The molecule has 3 rings (SSSR count). The molecule has 0 aliphatic rings. The van der Waals surface area contributed by atoms with Gasteiger partial charge in [-0.25, -0.2) is 4.98 Å². The molecule has 1 amide bonds. The number of methoxy groups -OCH3 is 1. The first-order valence-electron chi connectivity index (χ1n) is 8.28. The van der Waals surface area contributed by atoms with E-state index in [1.165, 1.54) is 0 Å². The molecule has 0 fully saturated rings. The van der Waals surface area contributed by atoms with Crippen molar-refractivity contribution in [3.63, 3.8) is 0 Å². The number of aryl methyl sites for hydroxylation is 2. The number of ether oxygens (including phenoxy) is 1. The minimum atomic E-state index is -0.0600. The van der Waals surface area contributed by atoms with E-state index in [1.807, 2.05) is 50.2 Å². The summed E-state index contributed by atoms with van der Waals surface area (Å²) in [6.07, 6.45) is 0. The largest absolute Gasteiger partial charge is 0.481 e. The van der Waals surface area contributed by atoms with Gasteiger partial charge in [-0.1, -0.05) is 23.4 Å². The monoisotopic (exact) mass is 351 g/mol. The van der Waals surface area contributed by atoms with Gasteiger partial charge in [0.25, 0.3) is 5.91 Å². The lowest BCUT2D eigenvalue weighted by atomic mass is 10.1. The maximum Gasteiger partial charge on any atom is 0.253 e. The highest BCUT2D eigenvalue weighted by Gasteiger charge is 2.17. The van der Waals surface area contributed by atoms with Crippen molar-refractivity contribution < 1.29 is 14.1 Å². The fraction of sp³-hybridized carbons (Fsp3) is 0.250. The summed E-state index contributed by atoms with van der Waals surface area (Å²) in [4.78, 5) is 18.7. The maximum absolute atomic E-state index is 12.7. The van der Waals surface area contributed by atoms with Crippen LogP contribution in [-0.2, 0) is 6.54 Å². The summed E-state index contributed by atoms with van der Waals surface area (Å²) < 4.78 is 10.3. The molecule has 26 heavy (non-hydrogen) atoms. The topological polar surface area (TPSA) is 68.5 Å². The SMILES string of the molecule is COc1cccc(-c2ccc(C(=O)N(C)Cc3c(C)noc3C)cc2)n1. The fourth-order valence-electron chi connectivity index (χ4n) is 2.73. The van der Waals surface area contributed by atoms with E-state index in [2.05, 4.69) is 10.1 Å². The van der Waals surface area contributed by atoms with E-state index in [-0.39, 0.29) is 5.91 Å². The molecule has 0 aliphatic heterocycles. The van der Waals surface area contributed by atoms with Gasteiger partial charge >= 0.3 is 0 Å². The molecular formula is C20H21N3O3.